The Morgan fingerprint density at radius 2 is 1.30 bits per heavy atom. The van der Waals surface area contributed by atoms with Crippen molar-refractivity contribution in [1.82, 2.24) is 0 Å². The van der Waals surface area contributed by atoms with Gasteiger partial charge in [0.05, 0.1) is 0 Å². The number of benzene rings is 5. The molecule has 6 aromatic rings. The van der Waals surface area contributed by atoms with Crippen LogP contribution in [-0.2, 0) is 11.8 Å². The van der Waals surface area contributed by atoms with Crippen LogP contribution in [0.15, 0.2) is 91.0 Å². The smallest absolute Gasteiger partial charge is 0.0430 e. The summed E-state index contributed by atoms with van der Waals surface area (Å²) in [7, 11) is 0. The Morgan fingerprint density at radius 1 is 0.630 bits per heavy atom. The summed E-state index contributed by atoms with van der Waals surface area (Å²) >= 11 is 2.01. The van der Waals surface area contributed by atoms with Crippen molar-refractivity contribution in [2.45, 2.75) is 71.6 Å². The first-order valence-corrected chi connectivity index (χ1v) is 18.2. The molecule has 5 aromatic carbocycles. The molecule has 0 saturated heterocycles. The van der Waals surface area contributed by atoms with Crippen molar-refractivity contribution in [2.24, 2.45) is 11.8 Å². The van der Waals surface area contributed by atoms with Crippen molar-refractivity contribution in [3.63, 3.8) is 0 Å². The molecule has 0 aliphatic heterocycles. The van der Waals surface area contributed by atoms with Crippen LogP contribution in [0, 0.1) is 25.7 Å². The van der Waals surface area contributed by atoms with E-state index in [2.05, 4.69) is 125 Å². The lowest BCUT2D eigenvalue weighted by Crippen LogP contribution is -2.23. The van der Waals surface area contributed by atoms with E-state index in [9.17, 15) is 0 Å². The second-order valence-electron chi connectivity index (χ2n) is 14.8. The normalized spacial score (nSPS) is 18.6. The van der Waals surface area contributed by atoms with Crippen LogP contribution in [0.2, 0.25) is 0 Å². The minimum absolute atomic E-state index is 0.0410. The lowest BCUT2D eigenvalue weighted by Gasteiger charge is -2.35. The van der Waals surface area contributed by atoms with Gasteiger partial charge in [-0.2, -0.15) is 0 Å². The number of aryl methyl sites for hydroxylation is 2. The Labute approximate surface area is 277 Å². The van der Waals surface area contributed by atoms with Crippen molar-refractivity contribution >= 4 is 38.3 Å². The van der Waals surface area contributed by atoms with Crippen LogP contribution < -0.4 is 0 Å². The lowest BCUT2D eigenvalue weighted by atomic mass is 9.68. The monoisotopic (exact) mass is 614 g/mol. The van der Waals surface area contributed by atoms with Gasteiger partial charge < -0.3 is 0 Å². The van der Waals surface area contributed by atoms with Gasteiger partial charge in [-0.25, -0.2) is 0 Å². The molecule has 0 radical (unpaired) electrons. The van der Waals surface area contributed by atoms with Crippen LogP contribution in [0.25, 0.3) is 60.3 Å². The molecule has 1 atom stereocenters. The zero-order valence-corrected chi connectivity index (χ0v) is 28.4. The lowest BCUT2D eigenvalue weighted by molar-refractivity contribution is 0.284. The molecular weight excluding hydrogens is 573 g/mol. The summed E-state index contributed by atoms with van der Waals surface area (Å²) in [6.07, 6.45) is 13.3. The Kier molecular flexibility index (Phi) is 6.48. The fourth-order valence-corrected chi connectivity index (χ4v) is 10.6. The minimum Gasteiger partial charge on any atom is -0.135 e. The first kappa shape index (κ1) is 28.3. The Balaban J connectivity index is 1.15. The van der Waals surface area contributed by atoms with Gasteiger partial charge in [0.1, 0.15) is 0 Å². The summed E-state index contributed by atoms with van der Waals surface area (Å²) in [6, 6.07) is 32.7. The first-order chi connectivity index (χ1) is 22.4. The van der Waals surface area contributed by atoms with Crippen molar-refractivity contribution in [3.8, 4) is 33.4 Å². The highest BCUT2D eigenvalue weighted by atomic mass is 32.1. The number of hydrogen-bond donors (Lipinski definition) is 0. The van der Waals surface area contributed by atoms with Gasteiger partial charge in [0.15, 0.2) is 0 Å². The summed E-state index contributed by atoms with van der Waals surface area (Å²) in [5.41, 5.74) is 15.3. The molecule has 9 rings (SSSR count). The molecule has 228 valence electrons. The topological polar surface area (TPSA) is 0 Å². The third-order valence-electron chi connectivity index (χ3n) is 11.8. The van der Waals surface area contributed by atoms with Gasteiger partial charge in [0.25, 0.3) is 0 Å². The van der Waals surface area contributed by atoms with Crippen LogP contribution in [-0.4, -0.2) is 0 Å². The molecule has 3 aliphatic carbocycles. The van der Waals surface area contributed by atoms with E-state index in [0.717, 1.165) is 5.92 Å². The molecule has 1 heterocycles. The third-order valence-corrected chi connectivity index (χ3v) is 13.0. The van der Waals surface area contributed by atoms with Gasteiger partial charge in [0, 0.05) is 15.0 Å². The molecule has 0 N–H and O–H groups in total. The predicted octanol–water partition coefficient (Wildman–Crippen LogP) is 13.1. The summed E-state index contributed by atoms with van der Waals surface area (Å²) in [5.74, 6) is 1.57. The van der Waals surface area contributed by atoms with E-state index in [1.165, 1.54) is 120 Å². The quantitative estimate of drug-likeness (QED) is 0.186. The fraction of sp³-hybridized carbons (Fsp3) is 0.289. The molecule has 0 amide bonds. The summed E-state index contributed by atoms with van der Waals surface area (Å²) in [4.78, 5) is 1.48. The molecule has 0 bridgehead atoms. The molecule has 1 saturated carbocycles. The molecule has 1 heteroatoms. The van der Waals surface area contributed by atoms with Crippen LogP contribution in [0.5, 0.6) is 0 Å². The maximum absolute atomic E-state index is 2.55. The third kappa shape index (κ3) is 4.17. The Bertz CT molecular complexity index is 2210. The second kappa shape index (κ2) is 10.5. The van der Waals surface area contributed by atoms with Gasteiger partial charge >= 0.3 is 0 Å². The highest BCUT2D eigenvalue weighted by Gasteiger charge is 2.34. The molecular formula is C45H42S. The zero-order valence-electron chi connectivity index (χ0n) is 27.5. The van der Waals surface area contributed by atoms with E-state index in [0.29, 0.717) is 5.92 Å². The minimum atomic E-state index is -0.0410. The predicted molar refractivity (Wildman–Crippen MR) is 200 cm³/mol. The number of allylic oxidation sites excluding steroid dienone is 1. The molecule has 0 nitrogen and oxygen atoms in total. The summed E-state index contributed by atoms with van der Waals surface area (Å²) in [6.45, 7) is 9.39. The molecule has 3 aliphatic rings. The first-order valence-electron chi connectivity index (χ1n) is 17.4. The molecule has 1 unspecified atom stereocenters. The van der Waals surface area contributed by atoms with Crippen molar-refractivity contribution in [3.05, 3.63) is 124 Å². The van der Waals surface area contributed by atoms with E-state index in [1.807, 2.05) is 11.3 Å². The van der Waals surface area contributed by atoms with Crippen molar-refractivity contribution in [2.75, 3.05) is 0 Å². The number of fused-ring (bicyclic) bond motifs is 5. The second-order valence-corrected chi connectivity index (χ2v) is 15.8. The number of thiophene rings is 1. The highest BCUT2D eigenvalue weighted by Crippen LogP contribution is 2.51. The molecule has 46 heavy (non-hydrogen) atoms. The van der Waals surface area contributed by atoms with Crippen LogP contribution in [0.1, 0.15) is 78.6 Å². The Hall–Kier alpha value is -3.94. The molecule has 1 aromatic heterocycles. The van der Waals surface area contributed by atoms with Crippen molar-refractivity contribution in [1.29, 1.82) is 0 Å². The van der Waals surface area contributed by atoms with Crippen LogP contribution in [0.4, 0.5) is 0 Å². The maximum atomic E-state index is 2.55. The molecule has 0 spiro atoms. The van der Waals surface area contributed by atoms with E-state index in [4.69, 9.17) is 0 Å². The molecule has 1 fully saturated rings. The van der Waals surface area contributed by atoms with E-state index in [-0.39, 0.29) is 5.41 Å². The van der Waals surface area contributed by atoms with Gasteiger partial charge in [-0.15, -0.1) is 11.3 Å². The van der Waals surface area contributed by atoms with Gasteiger partial charge in [-0.1, -0.05) is 124 Å². The van der Waals surface area contributed by atoms with E-state index >= 15 is 0 Å². The number of hydrogen-bond acceptors (Lipinski definition) is 1. The summed E-state index contributed by atoms with van der Waals surface area (Å²) in [5, 5.41) is 4.26. The summed E-state index contributed by atoms with van der Waals surface area (Å²) < 4.78 is 1.46. The maximum Gasteiger partial charge on any atom is 0.0430 e. The Morgan fingerprint density at radius 3 is 2.13 bits per heavy atom. The standard InChI is InChI=1S/C45H42S/c1-27-25-38(35-16-10-17-36-39-26-30(29-12-6-5-7-13-29)20-23-42(39)46-44(35)36)28(2)24-37(27)31-21-22-34-32-14-8-9-18-40(32)45(3,4)41-19-11-15-33(31)43(34)41/h8-11,14-25,29-30H,5-7,12-13,26H2,1-4H3. The van der Waals surface area contributed by atoms with Gasteiger partial charge in [-0.05, 0) is 128 Å². The SMILES string of the molecule is Cc1cc(-c2cccc3c4c(sc23)C=CC(C2CCCCC2)C4)c(C)cc1-c1ccc2c3c(cccc13)C(C)(C)c1ccccc1-2. The fourth-order valence-electron chi connectivity index (χ4n) is 9.34. The van der Waals surface area contributed by atoms with Crippen molar-refractivity contribution < 1.29 is 0 Å². The largest absolute Gasteiger partial charge is 0.135 e. The average molecular weight is 615 g/mol. The zero-order chi connectivity index (χ0) is 31.2. The van der Waals surface area contributed by atoms with Gasteiger partial charge in [-0.3, -0.25) is 0 Å². The van der Waals surface area contributed by atoms with Crippen LogP contribution >= 0.6 is 11.3 Å². The highest BCUT2D eigenvalue weighted by molar-refractivity contribution is 7.20. The number of rotatable bonds is 3. The average Bonchev–Trinajstić information content (AvgIpc) is 3.47. The van der Waals surface area contributed by atoms with Gasteiger partial charge in [0.2, 0.25) is 0 Å². The van der Waals surface area contributed by atoms with Crippen LogP contribution in [0.3, 0.4) is 0 Å². The van der Waals surface area contributed by atoms with E-state index < -0.39 is 0 Å². The van der Waals surface area contributed by atoms with E-state index in [1.54, 1.807) is 5.56 Å².